The molecule has 0 unspecified atom stereocenters. The van der Waals surface area contributed by atoms with Crippen molar-refractivity contribution in [2.45, 2.75) is 17.9 Å². The molecule has 0 saturated carbocycles. The lowest BCUT2D eigenvalue weighted by Gasteiger charge is -2.16. The Labute approximate surface area is 237 Å². The van der Waals surface area contributed by atoms with Crippen LogP contribution in [0.3, 0.4) is 0 Å². The highest BCUT2D eigenvalue weighted by Crippen LogP contribution is 2.32. The molecule has 0 radical (unpaired) electrons. The minimum absolute atomic E-state index is 0.0250. The van der Waals surface area contributed by atoms with Crippen LogP contribution in [0.2, 0.25) is 10.0 Å². The molecule has 1 amide bonds. The molecule has 3 aromatic carbocycles. The van der Waals surface area contributed by atoms with Crippen molar-refractivity contribution in [3.05, 3.63) is 100 Å². The Kier molecular flexibility index (Phi) is 9.08. The van der Waals surface area contributed by atoms with Crippen molar-refractivity contribution in [3.63, 3.8) is 0 Å². The zero-order valence-corrected chi connectivity index (χ0v) is 23.4. The molecule has 39 heavy (non-hydrogen) atoms. The lowest BCUT2D eigenvalue weighted by Crippen LogP contribution is -2.24. The van der Waals surface area contributed by atoms with E-state index in [1.807, 2.05) is 0 Å². The number of nitrogens with zero attached hydrogens (tertiary/aromatic N) is 1. The number of nitrogens with one attached hydrogen (secondary N) is 2. The Hall–Kier alpha value is -3.63. The highest BCUT2D eigenvalue weighted by Gasteiger charge is 2.22. The topological polar surface area (TPSA) is 107 Å². The van der Waals surface area contributed by atoms with Gasteiger partial charge in [-0.25, -0.2) is 13.1 Å². The largest absolute Gasteiger partial charge is 0.497 e. The Bertz CT molecular complexity index is 1610. The van der Waals surface area contributed by atoms with Gasteiger partial charge in [-0.05, 0) is 35.9 Å². The molecule has 0 spiro atoms. The van der Waals surface area contributed by atoms with Crippen molar-refractivity contribution in [1.82, 2.24) is 9.71 Å². The Morgan fingerprint density at radius 3 is 2.44 bits per heavy atom. The molecule has 11 heteroatoms. The average Bonchev–Trinajstić information content (AvgIpc) is 2.93. The standard InChI is InChI=1S/C28H25Cl2N3O5S/c1-37-23-9-7-19(26(14-23)38-2)16-32-39(35,36)27-13-22(8-10-24(27)20-11-21(29)17-31-15-20)33-28(34)12-18-5-3-4-6-25(18)30/h3-11,13-15,17,32H,12,16H2,1-2H3,(H,33,34). The normalized spacial score (nSPS) is 11.2. The van der Waals surface area contributed by atoms with Crippen LogP contribution < -0.4 is 19.5 Å². The monoisotopic (exact) mass is 585 g/mol. The number of benzene rings is 3. The predicted octanol–water partition coefficient (Wildman–Crippen LogP) is 5.73. The number of rotatable bonds is 10. The number of pyridine rings is 1. The molecule has 1 aromatic heterocycles. The van der Waals surface area contributed by atoms with E-state index in [0.29, 0.717) is 49.5 Å². The summed E-state index contributed by atoms with van der Waals surface area (Å²) in [6, 6.07) is 18.3. The molecule has 4 rings (SSSR count). The molecule has 1 heterocycles. The lowest BCUT2D eigenvalue weighted by molar-refractivity contribution is -0.115. The second kappa shape index (κ2) is 12.5. The highest BCUT2D eigenvalue weighted by molar-refractivity contribution is 7.89. The number of ether oxygens (including phenoxy) is 2. The van der Waals surface area contributed by atoms with Gasteiger partial charge in [-0.15, -0.1) is 0 Å². The van der Waals surface area contributed by atoms with E-state index in [-0.39, 0.29) is 23.8 Å². The van der Waals surface area contributed by atoms with Gasteiger partial charge in [0.2, 0.25) is 15.9 Å². The molecule has 0 saturated heterocycles. The van der Waals surface area contributed by atoms with Crippen LogP contribution in [0.15, 0.2) is 84.0 Å². The third-order valence-corrected chi connectivity index (χ3v) is 7.84. The Morgan fingerprint density at radius 1 is 0.923 bits per heavy atom. The van der Waals surface area contributed by atoms with Gasteiger partial charge in [0.05, 0.1) is 30.6 Å². The summed E-state index contributed by atoms with van der Waals surface area (Å²) >= 11 is 12.3. The van der Waals surface area contributed by atoms with E-state index in [2.05, 4.69) is 15.0 Å². The number of carbonyl (C=O) groups excluding carboxylic acids is 1. The summed E-state index contributed by atoms with van der Waals surface area (Å²) in [7, 11) is -1.07. The summed E-state index contributed by atoms with van der Waals surface area (Å²) in [6.07, 6.45) is 3.00. The van der Waals surface area contributed by atoms with Gasteiger partial charge in [-0.1, -0.05) is 53.5 Å². The smallest absolute Gasteiger partial charge is 0.241 e. The quantitative estimate of drug-likeness (QED) is 0.246. The third-order valence-electron chi connectivity index (χ3n) is 5.83. The molecule has 202 valence electrons. The van der Waals surface area contributed by atoms with Crippen LogP contribution in [0, 0.1) is 0 Å². The highest BCUT2D eigenvalue weighted by atomic mass is 35.5. The van der Waals surface area contributed by atoms with Crippen molar-refractivity contribution >= 4 is 44.8 Å². The van der Waals surface area contributed by atoms with Crippen LogP contribution in [0.4, 0.5) is 5.69 Å². The number of hydrogen-bond donors (Lipinski definition) is 2. The SMILES string of the molecule is COc1ccc(CNS(=O)(=O)c2cc(NC(=O)Cc3ccccc3Cl)ccc2-c2cncc(Cl)c2)c(OC)c1. The first-order valence-corrected chi connectivity index (χ1v) is 13.9. The second-order valence-corrected chi connectivity index (χ2v) is 11.0. The van der Waals surface area contributed by atoms with Gasteiger partial charge >= 0.3 is 0 Å². The van der Waals surface area contributed by atoms with E-state index in [1.54, 1.807) is 60.7 Å². The molecule has 0 fully saturated rings. The number of carbonyl (C=O) groups is 1. The van der Waals surface area contributed by atoms with E-state index < -0.39 is 10.0 Å². The predicted molar refractivity (Wildman–Crippen MR) is 152 cm³/mol. The van der Waals surface area contributed by atoms with Crippen molar-refractivity contribution in [3.8, 4) is 22.6 Å². The van der Waals surface area contributed by atoms with Gasteiger partial charge in [0.1, 0.15) is 11.5 Å². The van der Waals surface area contributed by atoms with Gasteiger partial charge in [0, 0.05) is 52.4 Å². The van der Waals surface area contributed by atoms with Crippen LogP contribution in [0.25, 0.3) is 11.1 Å². The summed E-state index contributed by atoms with van der Waals surface area (Å²) in [4.78, 5) is 16.8. The summed E-state index contributed by atoms with van der Waals surface area (Å²) in [6.45, 7) is -0.0498. The van der Waals surface area contributed by atoms with Crippen molar-refractivity contribution in [1.29, 1.82) is 0 Å². The van der Waals surface area contributed by atoms with Crippen LogP contribution in [0.1, 0.15) is 11.1 Å². The maximum atomic E-state index is 13.6. The average molecular weight is 586 g/mol. The minimum atomic E-state index is -4.09. The Balaban J connectivity index is 1.66. The Morgan fingerprint density at radius 2 is 1.72 bits per heavy atom. The number of halogens is 2. The first-order chi connectivity index (χ1) is 18.7. The maximum absolute atomic E-state index is 13.6. The number of sulfonamides is 1. The van der Waals surface area contributed by atoms with Gasteiger partial charge in [0.15, 0.2) is 0 Å². The first kappa shape index (κ1) is 28.4. The summed E-state index contributed by atoms with van der Waals surface area (Å²) < 4.78 is 40.5. The summed E-state index contributed by atoms with van der Waals surface area (Å²) in [5.74, 6) is 0.700. The van der Waals surface area contributed by atoms with E-state index >= 15 is 0 Å². The van der Waals surface area contributed by atoms with Gasteiger partial charge < -0.3 is 14.8 Å². The van der Waals surface area contributed by atoms with E-state index in [1.165, 1.54) is 32.7 Å². The minimum Gasteiger partial charge on any atom is -0.497 e. The number of aromatic nitrogens is 1. The molecule has 4 aromatic rings. The van der Waals surface area contributed by atoms with E-state index in [4.69, 9.17) is 32.7 Å². The fourth-order valence-corrected chi connectivity index (χ4v) is 5.52. The molecule has 8 nitrogen and oxygen atoms in total. The first-order valence-electron chi connectivity index (χ1n) is 11.7. The molecule has 0 aliphatic heterocycles. The summed E-state index contributed by atoms with van der Waals surface area (Å²) in [5, 5.41) is 3.58. The van der Waals surface area contributed by atoms with Crippen molar-refractivity contribution in [2.24, 2.45) is 0 Å². The zero-order chi connectivity index (χ0) is 28.0. The van der Waals surface area contributed by atoms with Crippen molar-refractivity contribution < 1.29 is 22.7 Å². The molecule has 0 aliphatic carbocycles. The van der Waals surface area contributed by atoms with Crippen molar-refractivity contribution in [2.75, 3.05) is 19.5 Å². The summed E-state index contributed by atoms with van der Waals surface area (Å²) in [5.41, 5.74) is 2.42. The third kappa shape index (κ3) is 7.07. The van der Waals surface area contributed by atoms with Gasteiger partial charge in [-0.2, -0.15) is 0 Å². The number of hydrogen-bond acceptors (Lipinski definition) is 6. The molecule has 2 N–H and O–H groups in total. The molecule has 0 bridgehead atoms. The van der Waals surface area contributed by atoms with Crippen LogP contribution >= 0.6 is 23.2 Å². The lowest BCUT2D eigenvalue weighted by atomic mass is 10.1. The van der Waals surface area contributed by atoms with Crippen LogP contribution in [-0.4, -0.2) is 33.5 Å². The van der Waals surface area contributed by atoms with E-state index in [9.17, 15) is 13.2 Å². The van der Waals surface area contributed by atoms with Crippen LogP contribution in [-0.2, 0) is 27.8 Å². The fourth-order valence-electron chi connectivity index (χ4n) is 3.89. The number of amides is 1. The molecule has 0 atom stereocenters. The molecular formula is C28H25Cl2N3O5S. The molecule has 0 aliphatic rings. The van der Waals surface area contributed by atoms with Crippen LogP contribution in [0.5, 0.6) is 11.5 Å². The molecular weight excluding hydrogens is 561 g/mol. The number of methoxy groups -OCH3 is 2. The fraction of sp³-hybridized carbons (Fsp3) is 0.143. The number of anilines is 1. The zero-order valence-electron chi connectivity index (χ0n) is 21.1. The van der Waals surface area contributed by atoms with Gasteiger partial charge in [0.25, 0.3) is 0 Å². The maximum Gasteiger partial charge on any atom is 0.241 e. The second-order valence-electron chi connectivity index (χ2n) is 8.42. The van der Waals surface area contributed by atoms with E-state index in [0.717, 1.165) is 0 Å². The van der Waals surface area contributed by atoms with Gasteiger partial charge in [-0.3, -0.25) is 9.78 Å².